The second-order valence-electron chi connectivity index (χ2n) is 4.51. The molecule has 0 N–H and O–H groups in total. The van der Waals surface area contributed by atoms with Crippen molar-refractivity contribution in [3.8, 4) is 0 Å². The summed E-state index contributed by atoms with van der Waals surface area (Å²) in [6, 6.07) is 6.51. The Morgan fingerprint density at radius 1 is 1.40 bits per heavy atom. The summed E-state index contributed by atoms with van der Waals surface area (Å²) in [6.45, 7) is 4.83. The average molecular weight is 201 g/mol. The van der Waals surface area contributed by atoms with Crippen molar-refractivity contribution < 1.29 is 4.79 Å². The first kappa shape index (κ1) is 10.1. The molecule has 1 saturated carbocycles. The van der Waals surface area contributed by atoms with Gasteiger partial charge in [-0.05, 0) is 37.8 Å². The quantitative estimate of drug-likeness (QED) is 0.546. The van der Waals surface area contributed by atoms with Gasteiger partial charge in [0.05, 0.1) is 6.54 Å². The number of aliphatic imine (C=N–C) groups is 1. The standard InChI is InChI=1S/C13H15NO/c1-10-3-4-12(11(2)7-10)13(5-6-13)8-14-9-15/h3-4,7H,5-6,8H2,1-2H3. The van der Waals surface area contributed by atoms with E-state index in [1.807, 2.05) is 0 Å². The van der Waals surface area contributed by atoms with Crippen LogP contribution in [0, 0.1) is 13.8 Å². The zero-order chi connectivity index (χ0) is 10.9. The summed E-state index contributed by atoms with van der Waals surface area (Å²) in [5.74, 6) is 0. The molecule has 1 fully saturated rings. The predicted octanol–water partition coefficient (Wildman–Crippen LogP) is 2.67. The molecule has 0 atom stereocenters. The fourth-order valence-corrected chi connectivity index (χ4v) is 2.26. The Morgan fingerprint density at radius 2 is 2.13 bits per heavy atom. The lowest BCUT2D eigenvalue weighted by Crippen LogP contribution is -2.12. The summed E-state index contributed by atoms with van der Waals surface area (Å²) in [6.07, 6.45) is 3.92. The third-order valence-electron chi connectivity index (χ3n) is 3.25. The van der Waals surface area contributed by atoms with Gasteiger partial charge in [0.15, 0.2) is 0 Å². The molecule has 78 valence electrons. The van der Waals surface area contributed by atoms with Crippen molar-refractivity contribution >= 4 is 6.08 Å². The van der Waals surface area contributed by atoms with Gasteiger partial charge in [-0.2, -0.15) is 0 Å². The van der Waals surface area contributed by atoms with Crippen LogP contribution in [0.2, 0.25) is 0 Å². The van der Waals surface area contributed by atoms with E-state index in [9.17, 15) is 4.79 Å². The second kappa shape index (κ2) is 3.63. The van der Waals surface area contributed by atoms with Crippen LogP contribution in [0.3, 0.4) is 0 Å². The van der Waals surface area contributed by atoms with Crippen LogP contribution in [0.15, 0.2) is 23.2 Å². The molecule has 0 radical (unpaired) electrons. The molecule has 2 heteroatoms. The maximum Gasteiger partial charge on any atom is 0.234 e. The Hall–Kier alpha value is -1.40. The molecule has 0 heterocycles. The van der Waals surface area contributed by atoms with Crippen LogP contribution in [0.4, 0.5) is 0 Å². The Kier molecular flexibility index (Phi) is 2.45. The van der Waals surface area contributed by atoms with Crippen LogP contribution in [0.25, 0.3) is 0 Å². The molecule has 1 aromatic rings. The van der Waals surface area contributed by atoms with E-state index in [0.717, 1.165) is 12.8 Å². The van der Waals surface area contributed by atoms with Crippen molar-refractivity contribution in [2.45, 2.75) is 32.1 Å². The van der Waals surface area contributed by atoms with Crippen LogP contribution >= 0.6 is 0 Å². The fraction of sp³-hybridized carbons (Fsp3) is 0.462. The molecule has 0 aliphatic heterocycles. The molecule has 0 amide bonds. The van der Waals surface area contributed by atoms with E-state index in [2.05, 4.69) is 37.0 Å². The van der Waals surface area contributed by atoms with Crippen LogP contribution in [-0.2, 0) is 10.2 Å². The molecule has 15 heavy (non-hydrogen) atoms. The van der Waals surface area contributed by atoms with Gasteiger partial charge >= 0.3 is 0 Å². The number of hydrogen-bond donors (Lipinski definition) is 0. The third kappa shape index (κ3) is 1.86. The van der Waals surface area contributed by atoms with E-state index in [1.54, 1.807) is 6.08 Å². The van der Waals surface area contributed by atoms with Gasteiger partial charge in [-0.25, -0.2) is 9.79 Å². The number of isocyanates is 1. The van der Waals surface area contributed by atoms with Crippen molar-refractivity contribution in [2.24, 2.45) is 4.99 Å². The number of nitrogens with zero attached hydrogens (tertiary/aromatic N) is 1. The average Bonchev–Trinajstić information content (AvgIpc) is 2.96. The molecule has 0 spiro atoms. The normalized spacial score (nSPS) is 16.9. The summed E-state index contributed by atoms with van der Waals surface area (Å²) in [4.78, 5) is 13.9. The zero-order valence-corrected chi connectivity index (χ0v) is 9.21. The van der Waals surface area contributed by atoms with Crippen molar-refractivity contribution in [1.82, 2.24) is 0 Å². The number of rotatable bonds is 3. The van der Waals surface area contributed by atoms with Crippen molar-refractivity contribution in [1.29, 1.82) is 0 Å². The van der Waals surface area contributed by atoms with Gasteiger partial charge in [0.1, 0.15) is 0 Å². The predicted molar refractivity (Wildman–Crippen MR) is 59.8 cm³/mol. The molecule has 1 aromatic carbocycles. The maximum atomic E-state index is 10.2. The Labute approximate surface area is 90.0 Å². The van der Waals surface area contributed by atoms with Gasteiger partial charge in [0.2, 0.25) is 6.08 Å². The number of aryl methyl sites for hydroxylation is 2. The lowest BCUT2D eigenvalue weighted by atomic mass is 9.91. The van der Waals surface area contributed by atoms with Gasteiger partial charge in [0, 0.05) is 5.41 Å². The minimum absolute atomic E-state index is 0.148. The molecule has 0 unspecified atom stereocenters. The third-order valence-corrected chi connectivity index (χ3v) is 3.25. The van der Waals surface area contributed by atoms with E-state index >= 15 is 0 Å². The van der Waals surface area contributed by atoms with E-state index in [4.69, 9.17) is 0 Å². The van der Waals surface area contributed by atoms with E-state index in [0.29, 0.717) is 6.54 Å². The SMILES string of the molecule is Cc1ccc(C2(CN=C=O)CC2)c(C)c1. The van der Waals surface area contributed by atoms with Crippen LogP contribution in [0.1, 0.15) is 29.5 Å². The molecular weight excluding hydrogens is 186 g/mol. The van der Waals surface area contributed by atoms with Gasteiger partial charge in [-0.1, -0.05) is 23.8 Å². The van der Waals surface area contributed by atoms with Gasteiger partial charge in [0.25, 0.3) is 0 Å². The maximum absolute atomic E-state index is 10.2. The summed E-state index contributed by atoms with van der Waals surface area (Å²) in [5.41, 5.74) is 4.10. The first-order valence-electron chi connectivity index (χ1n) is 5.29. The summed E-state index contributed by atoms with van der Waals surface area (Å²) in [7, 11) is 0. The molecule has 2 nitrogen and oxygen atoms in total. The van der Waals surface area contributed by atoms with Crippen molar-refractivity contribution in [3.05, 3.63) is 34.9 Å². The molecule has 1 aliphatic rings. The highest BCUT2D eigenvalue weighted by molar-refractivity contribution is 5.42. The van der Waals surface area contributed by atoms with E-state index in [1.165, 1.54) is 16.7 Å². The Balaban J connectivity index is 2.33. The van der Waals surface area contributed by atoms with Crippen LogP contribution < -0.4 is 0 Å². The van der Waals surface area contributed by atoms with Crippen molar-refractivity contribution in [2.75, 3.05) is 6.54 Å². The highest BCUT2D eigenvalue weighted by atomic mass is 16.1. The van der Waals surface area contributed by atoms with Crippen LogP contribution in [0.5, 0.6) is 0 Å². The largest absolute Gasteiger partial charge is 0.234 e. The molecular formula is C13H15NO. The first-order chi connectivity index (χ1) is 7.18. The minimum Gasteiger partial charge on any atom is -0.211 e. The monoisotopic (exact) mass is 201 g/mol. The Bertz CT molecular complexity index is 426. The Morgan fingerprint density at radius 3 is 2.67 bits per heavy atom. The molecule has 0 aromatic heterocycles. The molecule has 0 saturated heterocycles. The zero-order valence-electron chi connectivity index (χ0n) is 9.21. The highest BCUT2D eigenvalue weighted by Crippen LogP contribution is 2.49. The number of hydrogen-bond acceptors (Lipinski definition) is 2. The van der Waals surface area contributed by atoms with Gasteiger partial charge in [-0.15, -0.1) is 0 Å². The highest BCUT2D eigenvalue weighted by Gasteiger charge is 2.44. The lowest BCUT2D eigenvalue weighted by molar-refractivity contribution is 0.559. The number of benzene rings is 1. The van der Waals surface area contributed by atoms with Gasteiger partial charge < -0.3 is 0 Å². The number of carbonyl (C=O) groups excluding carboxylic acids is 1. The minimum atomic E-state index is 0.148. The van der Waals surface area contributed by atoms with E-state index < -0.39 is 0 Å². The summed E-state index contributed by atoms with van der Waals surface area (Å²) >= 11 is 0. The first-order valence-corrected chi connectivity index (χ1v) is 5.29. The van der Waals surface area contributed by atoms with Crippen LogP contribution in [-0.4, -0.2) is 12.6 Å². The topological polar surface area (TPSA) is 29.4 Å². The fourth-order valence-electron chi connectivity index (χ4n) is 2.26. The molecule has 1 aliphatic carbocycles. The van der Waals surface area contributed by atoms with Crippen molar-refractivity contribution in [3.63, 3.8) is 0 Å². The van der Waals surface area contributed by atoms with E-state index in [-0.39, 0.29) is 5.41 Å². The van der Waals surface area contributed by atoms with Gasteiger partial charge in [-0.3, -0.25) is 0 Å². The molecule has 2 rings (SSSR count). The second-order valence-corrected chi connectivity index (χ2v) is 4.51. The molecule has 0 bridgehead atoms. The summed E-state index contributed by atoms with van der Waals surface area (Å²) < 4.78 is 0. The lowest BCUT2D eigenvalue weighted by Gasteiger charge is -2.15. The summed E-state index contributed by atoms with van der Waals surface area (Å²) in [5, 5.41) is 0. The smallest absolute Gasteiger partial charge is 0.211 e.